The fourth-order valence-electron chi connectivity index (χ4n) is 3.60. The van der Waals surface area contributed by atoms with E-state index in [9.17, 15) is 9.00 Å². The first kappa shape index (κ1) is 19.1. The van der Waals surface area contributed by atoms with Crippen LogP contribution in [-0.4, -0.2) is 14.2 Å². The molecule has 0 saturated carbocycles. The maximum Gasteiger partial charge on any atom is 0.275 e. The molecule has 29 heavy (non-hydrogen) atoms. The Morgan fingerprint density at radius 2 is 1.59 bits per heavy atom. The van der Waals surface area contributed by atoms with Gasteiger partial charge < -0.3 is 9.71 Å². The van der Waals surface area contributed by atoms with Crippen molar-refractivity contribution in [1.29, 1.82) is 0 Å². The van der Waals surface area contributed by atoms with Crippen molar-refractivity contribution in [1.82, 2.24) is 9.97 Å². The molecule has 0 bridgehead atoms. The maximum absolute atomic E-state index is 13.1. The van der Waals surface area contributed by atoms with Gasteiger partial charge in [0.1, 0.15) is 5.69 Å². The van der Waals surface area contributed by atoms with Gasteiger partial charge in [0.2, 0.25) is 0 Å². The molecule has 0 fully saturated rings. The van der Waals surface area contributed by atoms with Crippen molar-refractivity contribution >= 4 is 27.7 Å². The van der Waals surface area contributed by atoms with Crippen molar-refractivity contribution in [2.24, 2.45) is 0 Å². The molecular formula is C23H21N3O2S. The third kappa shape index (κ3) is 3.71. The molecule has 5 nitrogen and oxygen atoms in total. The summed E-state index contributed by atoms with van der Waals surface area (Å²) < 4.78 is 16.2. The third-order valence-electron chi connectivity index (χ3n) is 4.77. The summed E-state index contributed by atoms with van der Waals surface area (Å²) in [5, 5.41) is 0. The summed E-state index contributed by atoms with van der Waals surface area (Å²) in [7, 11) is -1.47. The Kier molecular flexibility index (Phi) is 5.03. The van der Waals surface area contributed by atoms with Crippen LogP contribution in [0.4, 0.5) is 5.69 Å². The molecule has 4 aromatic rings. The van der Waals surface area contributed by atoms with Gasteiger partial charge in [-0.25, -0.2) is 9.19 Å². The number of anilines is 1. The van der Waals surface area contributed by atoms with Crippen molar-refractivity contribution < 1.29 is 4.21 Å². The number of aromatic nitrogens is 2. The summed E-state index contributed by atoms with van der Waals surface area (Å²) in [5.74, 6) is 0. The molecule has 0 unspecified atom stereocenters. The second-order valence-electron chi connectivity index (χ2n) is 7.08. The number of nitrogens with zero attached hydrogens (tertiary/aromatic N) is 1. The number of nitrogens with one attached hydrogen (secondary N) is 2. The highest BCUT2D eigenvalue weighted by Gasteiger charge is 2.16. The van der Waals surface area contributed by atoms with Gasteiger partial charge in [0.25, 0.3) is 5.56 Å². The molecule has 6 heteroatoms. The number of benzene rings is 3. The summed E-state index contributed by atoms with van der Waals surface area (Å²) in [6, 6.07) is 18.7. The van der Waals surface area contributed by atoms with Crippen LogP contribution in [0.5, 0.6) is 0 Å². The Hall–Kier alpha value is -3.25. The van der Waals surface area contributed by atoms with E-state index in [0.29, 0.717) is 28.0 Å². The van der Waals surface area contributed by atoms with Crippen molar-refractivity contribution in [2.75, 3.05) is 4.72 Å². The standard InChI is InChI=1S/C23H21N3O2S/c1-14-12-15(2)22(16(3)13-14)29(28)26-18-9-5-4-8-17(18)21-23(27)25-20-11-7-6-10-19(20)24-21/h4-13,26H,1-3H3,(H,25,27)/t29-/m0/s1. The second-order valence-corrected chi connectivity index (χ2v) is 8.23. The predicted octanol–water partition coefficient (Wildman–Crippen LogP) is 4.65. The molecule has 1 atom stereocenters. The van der Waals surface area contributed by atoms with E-state index in [-0.39, 0.29) is 5.56 Å². The third-order valence-corrected chi connectivity index (χ3v) is 6.19. The van der Waals surface area contributed by atoms with E-state index >= 15 is 0 Å². The number of hydrogen-bond donors (Lipinski definition) is 2. The average Bonchev–Trinajstić information content (AvgIpc) is 2.67. The van der Waals surface area contributed by atoms with E-state index in [2.05, 4.69) is 14.7 Å². The molecule has 0 amide bonds. The van der Waals surface area contributed by atoms with Crippen LogP contribution in [0.15, 0.2) is 70.4 Å². The van der Waals surface area contributed by atoms with Crippen molar-refractivity contribution in [2.45, 2.75) is 25.7 Å². The van der Waals surface area contributed by atoms with Crippen LogP contribution in [0.1, 0.15) is 16.7 Å². The first-order valence-corrected chi connectivity index (χ1v) is 10.4. The Morgan fingerprint density at radius 3 is 2.34 bits per heavy atom. The van der Waals surface area contributed by atoms with Crippen LogP contribution in [0, 0.1) is 20.8 Å². The van der Waals surface area contributed by atoms with E-state index in [0.717, 1.165) is 21.6 Å². The minimum Gasteiger partial charge on any atom is -0.319 e. The van der Waals surface area contributed by atoms with Gasteiger partial charge in [0, 0.05) is 5.56 Å². The van der Waals surface area contributed by atoms with Crippen LogP contribution in [0.3, 0.4) is 0 Å². The van der Waals surface area contributed by atoms with Crippen molar-refractivity contribution in [3.05, 3.63) is 87.7 Å². The lowest BCUT2D eigenvalue weighted by Crippen LogP contribution is -2.14. The number of H-pyrrole nitrogens is 1. The van der Waals surface area contributed by atoms with E-state index in [1.54, 1.807) is 6.07 Å². The molecule has 146 valence electrons. The zero-order valence-corrected chi connectivity index (χ0v) is 17.3. The van der Waals surface area contributed by atoms with E-state index in [4.69, 9.17) is 0 Å². The molecule has 0 spiro atoms. The molecule has 0 aliphatic carbocycles. The number of fused-ring (bicyclic) bond motifs is 1. The van der Waals surface area contributed by atoms with Gasteiger partial charge >= 0.3 is 0 Å². The van der Waals surface area contributed by atoms with E-state index < -0.39 is 11.0 Å². The Balaban J connectivity index is 1.78. The van der Waals surface area contributed by atoms with Crippen LogP contribution in [0.2, 0.25) is 0 Å². The zero-order valence-electron chi connectivity index (χ0n) is 16.4. The summed E-state index contributed by atoms with van der Waals surface area (Å²) in [6.45, 7) is 5.93. The Morgan fingerprint density at radius 1 is 0.931 bits per heavy atom. The summed E-state index contributed by atoms with van der Waals surface area (Å²) in [5.41, 5.74) is 5.65. The molecule has 0 saturated heterocycles. The lowest BCUT2D eigenvalue weighted by atomic mass is 10.1. The first-order chi connectivity index (χ1) is 13.9. The first-order valence-electron chi connectivity index (χ1n) is 9.29. The van der Waals surface area contributed by atoms with Crippen molar-refractivity contribution in [3.8, 4) is 11.3 Å². The van der Waals surface area contributed by atoms with Crippen LogP contribution in [0.25, 0.3) is 22.3 Å². The van der Waals surface area contributed by atoms with Gasteiger partial charge in [-0.15, -0.1) is 0 Å². The molecule has 0 aliphatic rings. The summed E-state index contributed by atoms with van der Waals surface area (Å²) >= 11 is 0. The summed E-state index contributed by atoms with van der Waals surface area (Å²) in [4.78, 5) is 20.8. The van der Waals surface area contributed by atoms with Gasteiger partial charge in [-0.05, 0) is 50.1 Å². The monoisotopic (exact) mass is 403 g/mol. The van der Waals surface area contributed by atoms with Gasteiger partial charge in [-0.3, -0.25) is 4.79 Å². The highest BCUT2D eigenvalue weighted by atomic mass is 32.2. The second kappa shape index (κ2) is 7.64. The molecule has 3 aromatic carbocycles. The van der Waals surface area contributed by atoms with Crippen LogP contribution in [-0.2, 0) is 11.0 Å². The Bertz CT molecular complexity index is 1290. The van der Waals surface area contributed by atoms with Crippen LogP contribution < -0.4 is 10.3 Å². The average molecular weight is 404 g/mol. The van der Waals surface area contributed by atoms with Crippen LogP contribution >= 0.6 is 0 Å². The molecular weight excluding hydrogens is 382 g/mol. The number of rotatable bonds is 4. The van der Waals surface area contributed by atoms with Gasteiger partial charge in [0.15, 0.2) is 11.0 Å². The van der Waals surface area contributed by atoms with Gasteiger partial charge in [0.05, 0.1) is 21.6 Å². The molecule has 0 radical (unpaired) electrons. The highest BCUT2D eigenvalue weighted by Crippen LogP contribution is 2.28. The summed E-state index contributed by atoms with van der Waals surface area (Å²) in [6.07, 6.45) is 0. The van der Waals surface area contributed by atoms with E-state index in [1.165, 1.54) is 0 Å². The van der Waals surface area contributed by atoms with Crippen molar-refractivity contribution in [3.63, 3.8) is 0 Å². The highest BCUT2D eigenvalue weighted by molar-refractivity contribution is 7.86. The predicted molar refractivity (Wildman–Crippen MR) is 118 cm³/mol. The number of hydrogen-bond acceptors (Lipinski definition) is 3. The molecule has 0 aliphatic heterocycles. The topological polar surface area (TPSA) is 74.8 Å². The quantitative estimate of drug-likeness (QED) is 0.521. The Labute approximate surface area is 171 Å². The molecule has 2 N–H and O–H groups in total. The zero-order chi connectivity index (χ0) is 20.5. The largest absolute Gasteiger partial charge is 0.319 e. The van der Waals surface area contributed by atoms with Gasteiger partial charge in [-0.2, -0.15) is 0 Å². The molecule has 1 heterocycles. The fourth-order valence-corrected chi connectivity index (χ4v) is 4.78. The smallest absolute Gasteiger partial charge is 0.275 e. The fraction of sp³-hybridized carbons (Fsp3) is 0.130. The normalized spacial score (nSPS) is 12.1. The molecule has 1 aromatic heterocycles. The maximum atomic E-state index is 13.1. The lowest BCUT2D eigenvalue weighted by molar-refractivity contribution is 0.685. The van der Waals surface area contributed by atoms with Gasteiger partial charge in [-0.1, -0.05) is 48.0 Å². The number of aromatic amines is 1. The van der Waals surface area contributed by atoms with E-state index in [1.807, 2.05) is 75.4 Å². The minimum absolute atomic E-state index is 0.286. The SMILES string of the molecule is Cc1cc(C)c([S@](=O)Nc2ccccc2-c2nc3ccccc3[nH]c2=O)c(C)c1. The number of aryl methyl sites for hydroxylation is 3. The molecule has 4 rings (SSSR count). The minimum atomic E-state index is -1.47. The lowest BCUT2D eigenvalue weighted by Gasteiger charge is -2.15. The number of para-hydroxylation sites is 3.